The minimum atomic E-state index is -2.86. The summed E-state index contributed by atoms with van der Waals surface area (Å²) in [5, 5.41) is 0. The molecule has 1 aliphatic heterocycles. The van der Waals surface area contributed by atoms with Crippen molar-refractivity contribution in [3.63, 3.8) is 0 Å². The Labute approximate surface area is 90.5 Å². The van der Waals surface area contributed by atoms with E-state index in [1.807, 2.05) is 18.9 Å². The van der Waals surface area contributed by atoms with Crippen LogP contribution in [-0.4, -0.2) is 49.9 Å². The zero-order valence-electron chi connectivity index (χ0n) is 9.14. The fraction of sp³-hybridized carbons (Fsp3) is 0.889. The highest BCUT2D eigenvalue weighted by Gasteiger charge is 2.32. The first-order valence-corrected chi connectivity index (χ1v) is 6.84. The van der Waals surface area contributed by atoms with Gasteiger partial charge in [0.05, 0.1) is 11.5 Å². The molecule has 0 aromatic carbocycles. The van der Waals surface area contributed by atoms with Crippen molar-refractivity contribution in [1.29, 1.82) is 0 Å². The van der Waals surface area contributed by atoms with E-state index in [1.165, 1.54) is 0 Å². The summed E-state index contributed by atoms with van der Waals surface area (Å²) in [6.07, 6.45) is 0.926. The summed E-state index contributed by atoms with van der Waals surface area (Å²) in [4.78, 5) is 12.7. The van der Waals surface area contributed by atoms with Gasteiger partial charge in [0.25, 0.3) is 0 Å². The second-order valence-corrected chi connectivity index (χ2v) is 6.47. The Hall–Kier alpha value is -0.620. The monoisotopic (exact) mass is 234 g/mol. The first-order chi connectivity index (χ1) is 6.82. The van der Waals surface area contributed by atoms with E-state index in [-0.39, 0.29) is 35.9 Å². The fourth-order valence-corrected chi connectivity index (χ4v) is 3.68. The van der Waals surface area contributed by atoms with Crippen LogP contribution in [0.15, 0.2) is 0 Å². The predicted molar refractivity (Wildman–Crippen MR) is 58.1 cm³/mol. The largest absolute Gasteiger partial charge is 0.370 e. The van der Waals surface area contributed by atoms with Gasteiger partial charge in [-0.2, -0.15) is 0 Å². The van der Waals surface area contributed by atoms with Crippen molar-refractivity contribution < 1.29 is 13.2 Å². The maximum atomic E-state index is 11.3. The van der Waals surface area contributed by atoms with Crippen LogP contribution < -0.4 is 5.73 Å². The molecule has 2 atom stereocenters. The van der Waals surface area contributed by atoms with Crippen LogP contribution in [0.1, 0.15) is 19.8 Å². The van der Waals surface area contributed by atoms with Crippen molar-refractivity contribution in [2.24, 2.45) is 5.73 Å². The summed E-state index contributed by atoms with van der Waals surface area (Å²) in [6.45, 7) is 1.88. The molecular formula is C9H18N2O3S. The summed E-state index contributed by atoms with van der Waals surface area (Å²) >= 11 is 0. The molecule has 5 nitrogen and oxygen atoms in total. The van der Waals surface area contributed by atoms with Crippen molar-refractivity contribution in [2.75, 3.05) is 18.6 Å². The van der Waals surface area contributed by atoms with Crippen LogP contribution in [0.3, 0.4) is 0 Å². The molecular weight excluding hydrogens is 216 g/mol. The number of nitrogens with two attached hydrogens (primary N) is 1. The third kappa shape index (κ3) is 3.46. The Morgan fingerprint density at radius 2 is 2.20 bits per heavy atom. The van der Waals surface area contributed by atoms with E-state index in [0.717, 1.165) is 0 Å². The number of carbonyl (C=O) groups is 1. The van der Waals surface area contributed by atoms with Crippen molar-refractivity contribution in [3.8, 4) is 0 Å². The van der Waals surface area contributed by atoms with Gasteiger partial charge in [-0.05, 0) is 20.4 Å². The van der Waals surface area contributed by atoms with Crippen molar-refractivity contribution >= 4 is 15.7 Å². The summed E-state index contributed by atoms with van der Waals surface area (Å²) in [6, 6.07) is 0.0325. The molecule has 2 N–H and O–H groups in total. The predicted octanol–water partition coefficient (Wildman–Crippen LogP) is -0.631. The number of carbonyl (C=O) groups excluding carboxylic acids is 1. The van der Waals surface area contributed by atoms with Crippen LogP contribution in [0, 0.1) is 0 Å². The quantitative estimate of drug-likeness (QED) is 0.702. The lowest BCUT2D eigenvalue weighted by atomic mass is 10.1. The van der Waals surface area contributed by atoms with E-state index in [2.05, 4.69) is 0 Å². The first-order valence-electron chi connectivity index (χ1n) is 5.02. The number of primary amides is 1. The highest BCUT2D eigenvalue weighted by Crippen LogP contribution is 2.19. The lowest BCUT2D eigenvalue weighted by Gasteiger charge is -2.28. The highest BCUT2D eigenvalue weighted by atomic mass is 32.2. The van der Waals surface area contributed by atoms with Gasteiger partial charge in [0.15, 0.2) is 9.84 Å². The van der Waals surface area contributed by atoms with Gasteiger partial charge in [-0.1, -0.05) is 0 Å². The number of nitrogens with zero attached hydrogens (tertiary/aromatic N) is 1. The van der Waals surface area contributed by atoms with Crippen LogP contribution >= 0.6 is 0 Å². The van der Waals surface area contributed by atoms with Crippen molar-refractivity contribution in [2.45, 2.75) is 31.8 Å². The van der Waals surface area contributed by atoms with Gasteiger partial charge in [0, 0.05) is 18.5 Å². The number of rotatable bonds is 4. The van der Waals surface area contributed by atoms with E-state index < -0.39 is 9.84 Å². The molecule has 1 fully saturated rings. The number of amides is 1. The van der Waals surface area contributed by atoms with Crippen molar-refractivity contribution in [1.82, 2.24) is 4.90 Å². The molecule has 6 heteroatoms. The van der Waals surface area contributed by atoms with E-state index in [4.69, 9.17) is 5.73 Å². The number of hydrogen-bond donors (Lipinski definition) is 1. The fourth-order valence-electron chi connectivity index (χ4n) is 1.89. The van der Waals surface area contributed by atoms with Gasteiger partial charge in [-0.3, -0.25) is 9.69 Å². The summed E-state index contributed by atoms with van der Waals surface area (Å²) in [7, 11) is -1.01. The Morgan fingerprint density at radius 3 is 2.60 bits per heavy atom. The van der Waals surface area contributed by atoms with Crippen LogP contribution in [0.4, 0.5) is 0 Å². The molecule has 0 bridgehead atoms. The first kappa shape index (κ1) is 12.4. The Kier molecular flexibility index (Phi) is 3.72. The smallest absolute Gasteiger partial charge is 0.218 e. The van der Waals surface area contributed by atoms with Crippen molar-refractivity contribution in [3.05, 3.63) is 0 Å². The van der Waals surface area contributed by atoms with Gasteiger partial charge in [0.2, 0.25) is 5.91 Å². The van der Waals surface area contributed by atoms with Gasteiger partial charge in [0.1, 0.15) is 0 Å². The number of hydrogen-bond acceptors (Lipinski definition) is 4. The molecule has 1 heterocycles. The van der Waals surface area contributed by atoms with Crippen LogP contribution in [0.25, 0.3) is 0 Å². The maximum Gasteiger partial charge on any atom is 0.218 e. The lowest BCUT2D eigenvalue weighted by Crippen LogP contribution is -2.41. The van der Waals surface area contributed by atoms with Gasteiger partial charge >= 0.3 is 0 Å². The van der Waals surface area contributed by atoms with Crippen LogP contribution in [0.5, 0.6) is 0 Å². The van der Waals surface area contributed by atoms with Gasteiger partial charge in [-0.15, -0.1) is 0 Å². The SMILES string of the molecule is CC(CC(N)=O)N(C)C1CCS(=O)(=O)C1. The Balaban J connectivity index is 2.54. The second kappa shape index (κ2) is 4.49. The third-order valence-corrected chi connectivity index (χ3v) is 4.73. The molecule has 0 spiro atoms. The minimum Gasteiger partial charge on any atom is -0.370 e. The average Bonchev–Trinajstić information content (AvgIpc) is 2.43. The van der Waals surface area contributed by atoms with Gasteiger partial charge < -0.3 is 5.73 Å². The zero-order chi connectivity index (χ0) is 11.6. The topological polar surface area (TPSA) is 80.5 Å². The molecule has 1 rings (SSSR count). The van der Waals surface area contributed by atoms with E-state index >= 15 is 0 Å². The molecule has 88 valence electrons. The molecule has 15 heavy (non-hydrogen) atoms. The van der Waals surface area contributed by atoms with Crippen LogP contribution in [0.2, 0.25) is 0 Å². The minimum absolute atomic E-state index is 0.000741. The van der Waals surface area contributed by atoms with E-state index in [1.54, 1.807) is 0 Å². The molecule has 1 amide bonds. The summed E-state index contributed by atoms with van der Waals surface area (Å²) in [5.74, 6) is 0.105. The molecule has 2 unspecified atom stereocenters. The second-order valence-electron chi connectivity index (χ2n) is 4.24. The Morgan fingerprint density at radius 1 is 1.60 bits per heavy atom. The molecule has 0 aromatic heterocycles. The van der Waals surface area contributed by atoms with E-state index in [9.17, 15) is 13.2 Å². The molecule has 0 aliphatic carbocycles. The van der Waals surface area contributed by atoms with Crippen LogP contribution in [-0.2, 0) is 14.6 Å². The molecule has 0 saturated carbocycles. The molecule has 0 radical (unpaired) electrons. The standard InChI is InChI=1S/C9H18N2O3S/c1-7(5-9(10)12)11(2)8-3-4-15(13,14)6-8/h7-8H,3-6H2,1-2H3,(H2,10,12). The normalized spacial score (nSPS) is 26.7. The zero-order valence-corrected chi connectivity index (χ0v) is 9.96. The highest BCUT2D eigenvalue weighted by molar-refractivity contribution is 7.91. The summed E-state index contributed by atoms with van der Waals surface area (Å²) < 4.78 is 22.5. The maximum absolute atomic E-state index is 11.3. The third-order valence-electron chi connectivity index (χ3n) is 2.98. The molecule has 1 aliphatic rings. The average molecular weight is 234 g/mol. The molecule has 0 aromatic rings. The van der Waals surface area contributed by atoms with Gasteiger partial charge in [-0.25, -0.2) is 8.42 Å². The summed E-state index contributed by atoms with van der Waals surface area (Å²) in [5.41, 5.74) is 5.10. The lowest BCUT2D eigenvalue weighted by molar-refractivity contribution is -0.119. The molecule has 1 saturated heterocycles. The number of sulfone groups is 1. The Bertz CT molecular complexity index is 339. The van der Waals surface area contributed by atoms with E-state index in [0.29, 0.717) is 6.42 Å².